The van der Waals surface area contributed by atoms with Crippen LogP contribution in [0.25, 0.3) is 0 Å². The van der Waals surface area contributed by atoms with Crippen LogP contribution in [0.15, 0.2) is 5.16 Å². The molecule has 28 heavy (non-hydrogen) atoms. The second-order valence-corrected chi connectivity index (χ2v) is 9.43. The fourth-order valence-corrected chi connectivity index (χ4v) is 4.71. The lowest BCUT2D eigenvalue weighted by molar-refractivity contribution is -0.110. The second-order valence-electron chi connectivity index (χ2n) is 9.43. The molecular weight excluding hydrogens is 346 g/mol. The molecule has 1 fully saturated rings. The molecule has 3 heteroatoms. The molecule has 1 aliphatic carbocycles. The van der Waals surface area contributed by atoms with Gasteiger partial charge in [-0.05, 0) is 24.7 Å². The number of nitrogens with zero attached hydrogens (tertiary/aromatic N) is 1. The maximum atomic E-state index is 11.1. The number of carbonyl (C=O) groups excluding carboxylic acids is 1. The second kappa shape index (κ2) is 17.0. The number of oxime groups is 1. The lowest BCUT2D eigenvalue weighted by Crippen LogP contribution is -2.21. The minimum Gasteiger partial charge on any atom is -0.411 e. The van der Waals surface area contributed by atoms with Gasteiger partial charge in [-0.2, -0.15) is 0 Å². The third kappa shape index (κ3) is 11.9. The zero-order chi connectivity index (χ0) is 20.5. The predicted octanol–water partition coefficient (Wildman–Crippen LogP) is 7.94. The highest BCUT2D eigenvalue weighted by atomic mass is 16.4. The molecule has 1 N–H and O–H groups in total. The summed E-state index contributed by atoms with van der Waals surface area (Å²) < 4.78 is 0. The first-order chi connectivity index (χ1) is 13.7. The zero-order valence-corrected chi connectivity index (χ0v) is 18.8. The summed E-state index contributed by atoms with van der Waals surface area (Å²) >= 11 is 0. The minimum atomic E-state index is -0.229. The highest BCUT2D eigenvalue weighted by molar-refractivity contribution is 5.97. The van der Waals surface area contributed by atoms with Gasteiger partial charge in [0.05, 0.1) is 11.6 Å². The summed E-state index contributed by atoms with van der Waals surface area (Å²) in [4.78, 5) is 11.1. The van der Waals surface area contributed by atoms with E-state index in [4.69, 9.17) is 5.21 Å². The smallest absolute Gasteiger partial charge is 0.129 e. The van der Waals surface area contributed by atoms with Gasteiger partial charge >= 0.3 is 0 Å². The Kier molecular flexibility index (Phi) is 15.3. The van der Waals surface area contributed by atoms with Crippen LogP contribution in [0.1, 0.15) is 129 Å². The number of hydrogen-bond acceptors (Lipinski definition) is 3. The van der Waals surface area contributed by atoms with E-state index in [1.54, 1.807) is 0 Å². The van der Waals surface area contributed by atoms with Crippen LogP contribution in [0.5, 0.6) is 0 Å². The van der Waals surface area contributed by atoms with Crippen molar-refractivity contribution >= 4 is 12.0 Å². The Morgan fingerprint density at radius 3 is 1.82 bits per heavy atom. The molecule has 0 saturated heterocycles. The Labute approximate surface area is 174 Å². The van der Waals surface area contributed by atoms with E-state index < -0.39 is 0 Å². The van der Waals surface area contributed by atoms with Gasteiger partial charge in [0.1, 0.15) is 6.29 Å². The summed E-state index contributed by atoms with van der Waals surface area (Å²) in [5.41, 5.74) is 0.661. The Balaban J connectivity index is 1.85. The van der Waals surface area contributed by atoms with Crippen molar-refractivity contribution in [1.29, 1.82) is 0 Å². The molecule has 0 aliphatic heterocycles. The van der Waals surface area contributed by atoms with E-state index in [1.165, 1.54) is 103 Å². The van der Waals surface area contributed by atoms with Crippen LogP contribution >= 0.6 is 0 Å². The van der Waals surface area contributed by atoms with Gasteiger partial charge < -0.3 is 10.0 Å². The maximum Gasteiger partial charge on any atom is 0.129 e. The molecule has 0 aromatic rings. The Morgan fingerprint density at radius 1 is 0.857 bits per heavy atom. The van der Waals surface area contributed by atoms with Crippen LogP contribution in [0.2, 0.25) is 0 Å². The topological polar surface area (TPSA) is 49.7 Å². The molecule has 1 aliphatic rings. The Bertz CT molecular complexity index is 399. The summed E-state index contributed by atoms with van der Waals surface area (Å²) in [6.45, 7) is 4.00. The van der Waals surface area contributed by atoms with Gasteiger partial charge in [-0.3, -0.25) is 0 Å². The number of hydrogen-bond donors (Lipinski definition) is 1. The number of carbonyl (C=O) groups is 1. The molecule has 1 saturated carbocycles. The van der Waals surface area contributed by atoms with E-state index in [9.17, 15) is 4.79 Å². The van der Waals surface area contributed by atoms with Crippen LogP contribution in [-0.4, -0.2) is 17.2 Å². The summed E-state index contributed by atoms with van der Waals surface area (Å²) in [6.07, 6.45) is 25.3. The molecule has 0 heterocycles. The lowest BCUT2D eigenvalue weighted by atomic mass is 9.85. The van der Waals surface area contributed by atoms with Crippen molar-refractivity contribution in [2.24, 2.45) is 22.9 Å². The molecule has 0 bridgehead atoms. The average molecular weight is 394 g/mol. The summed E-state index contributed by atoms with van der Waals surface area (Å²) in [5.74, 6) is 1.03. The summed E-state index contributed by atoms with van der Waals surface area (Å²) in [6, 6.07) is 0. The van der Waals surface area contributed by atoms with Crippen molar-refractivity contribution in [2.75, 3.05) is 0 Å². The molecule has 3 nitrogen and oxygen atoms in total. The predicted molar refractivity (Wildman–Crippen MR) is 120 cm³/mol. The third-order valence-electron chi connectivity index (χ3n) is 6.65. The van der Waals surface area contributed by atoms with Crippen molar-refractivity contribution in [3.63, 3.8) is 0 Å². The highest BCUT2D eigenvalue weighted by Gasteiger charge is 2.19. The van der Waals surface area contributed by atoms with Gasteiger partial charge in [0.15, 0.2) is 0 Å². The van der Waals surface area contributed by atoms with Gasteiger partial charge in [0, 0.05) is 0 Å². The molecule has 1 unspecified atom stereocenters. The first kappa shape index (κ1) is 25.2. The Morgan fingerprint density at radius 2 is 1.36 bits per heavy atom. The fourth-order valence-electron chi connectivity index (χ4n) is 4.71. The molecule has 0 aromatic carbocycles. The first-order valence-electron chi connectivity index (χ1n) is 12.3. The molecule has 1 atom stereocenters. The third-order valence-corrected chi connectivity index (χ3v) is 6.65. The molecule has 0 radical (unpaired) electrons. The molecule has 0 spiro atoms. The van der Waals surface area contributed by atoms with E-state index >= 15 is 0 Å². The van der Waals surface area contributed by atoms with Gasteiger partial charge in [0.2, 0.25) is 0 Å². The maximum absolute atomic E-state index is 11.1. The quantitative estimate of drug-likeness (QED) is 0.0896. The van der Waals surface area contributed by atoms with Gasteiger partial charge in [0.25, 0.3) is 0 Å². The number of rotatable bonds is 17. The van der Waals surface area contributed by atoms with Crippen molar-refractivity contribution in [3.05, 3.63) is 0 Å². The molecule has 0 aromatic heterocycles. The van der Waals surface area contributed by atoms with Crippen molar-refractivity contribution < 1.29 is 10.0 Å². The van der Waals surface area contributed by atoms with Gasteiger partial charge in [-0.25, -0.2) is 0 Å². The number of unbranched alkanes of at least 4 members (excludes halogenated alkanes) is 10. The average Bonchev–Trinajstić information content (AvgIpc) is 2.71. The van der Waals surface area contributed by atoms with E-state index in [0.717, 1.165) is 25.0 Å². The van der Waals surface area contributed by atoms with E-state index in [1.807, 2.05) is 13.8 Å². The Hall–Kier alpha value is -0.860. The lowest BCUT2D eigenvalue weighted by Gasteiger charge is -2.21. The monoisotopic (exact) mass is 393 g/mol. The van der Waals surface area contributed by atoms with Gasteiger partial charge in [-0.1, -0.05) is 122 Å². The normalized spacial score (nSPS) is 17.2. The van der Waals surface area contributed by atoms with Crippen molar-refractivity contribution in [3.8, 4) is 0 Å². The zero-order valence-electron chi connectivity index (χ0n) is 18.8. The molecule has 1 rings (SSSR count). The minimum absolute atomic E-state index is 0.204. The fraction of sp³-hybridized carbons (Fsp3) is 0.920. The standard InChI is InChI=1S/C25H47NO2/c1-22(2)24(21-27)25(26-28)20-16-11-9-7-5-3-4-6-8-10-13-17-23-18-14-12-15-19-23/h21-24,28H,3-20H2,1-2H3. The van der Waals surface area contributed by atoms with Crippen LogP contribution in [-0.2, 0) is 4.79 Å². The largest absolute Gasteiger partial charge is 0.411 e. The summed E-state index contributed by atoms with van der Waals surface area (Å²) in [5, 5.41) is 12.5. The van der Waals surface area contributed by atoms with Crippen molar-refractivity contribution in [2.45, 2.75) is 129 Å². The molecule has 164 valence electrons. The molecule has 0 amide bonds. The SMILES string of the molecule is CC(C)C(C=O)C(CCCCCCCCCCCCCC1CCCCC1)=NO. The first-order valence-corrected chi connectivity index (χ1v) is 12.3. The highest BCUT2D eigenvalue weighted by Crippen LogP contribution is 2.28. The van der Waals surface area contributed by atoms with Crippen LogP contribution < -0.4 is 0 Å². The van der Waals surface area contributed by atoms with E-state index in [2.05, 4.69) is 5.16 Å². The molecular formula is C25H47NO2. The van der Waals surface area contributed by atoms with Crippen LogP contribution in [0.3, 0.4) is 0 Å². The number of aldehydes is 1. The van der Waals surface area contributed by atoms with E-state index in [0.29, 0.717) is 5.71 Å². The van der Waals surface area contributed by atoms with E-state index in [-0.39, 0.29) is 11.8 Å². The van der Waals surface area contributed by atoms with Gasteiger partial charge in [-0.15, -0.1) is 0 Å². The van der Waals surface area contributed by atoms with Crippen LogP contribution in [0, 0.1) is 17.8 Å². The summed E-state index contributed by atoms with van der Waals surface area (Å²) in [7, 11) is 0. The van der Waals surface area contributed by atoms with Crippen molar-refractivity contribution in [1.82, 2.24) is 0 Å². The van der Waals surface area contributed by atoms with Crippen LogP contribution in [0.4, 0.5) is 0 Å².